The lowest BCUT2D eigenvalue weighted by molar-refractivity contribution is 0.0692. The van der Waals surface area contributed by atoms with Crippen LogP contribution < -0.4 is 0 Å². The van der Waals surface area contributed by atoms with Gasteiger partial charge in [-0.2, -0.15) is 0 Å². The van der Waals surface area contributed by atoms with Crippen LogP contribution in [0.15, 0.2) is 36.7 Å². The summed E-state index contributed by atoms with van der Waals surface area (Å²) in [6, 6.07) is 5.86. The minimum Gasteiger partial charge on any atom is -0.478 e. The van der Waals surface area contributed by atoms with Crippen LogP contribution in [0.3, 0.4) is 0 Å². The minimum atomic E-state index is -1.26. The molecule has 17 heavy (non-hydrogen) atoms. The molecule has 0 bridgehead atoms. The summed E-state index contributed by atoms with van der Waals surface area (Å²) in [5.74, 6) is -1.99. The quantitative estimate of drug-likeness (QED) is 0.864. The molecule has 0 aliphatic heterocycles. The van der Waals surface area contributed by atoms with Crippen LogP contribution in [0.4, 0.5) is 4.39 Å². The van der Waals surface area contributed by atoms with Crippen LogP contribution in [0.25, 0.3) is 11.1 Å². The number of hydrogen-bond acceptors (Lipinski definition) is 2. The molecule has 1 N–H and O–H groups in total. The second kappa shape index (κ2) is 4.33. The van der Waals surface area contributed by atoms with E-state index >= 15 is 0 Å². The molecule has 1 aromatic carbocycles. The topological polar surface area (TPSA) is 50.2 Å². The van der Waals surface area contributed by atoms with Gasteiger partial charge in [0.1, 0.15) is 5.82 Å². The predicted octanol–water partition coefficient (Wildman–Crippen LogP) is 2.89. The summed E-state index contributed by atoms with van der Waals surface area (Å²) in [7, 11) is 0. The van der Waals surface area contributed by atoms with E-state index in [9.17, 15) is 9.18 Å². The Morgan fingerprint density at radius 2 is 2.12 bits per heavy atom. The van der Waals surface area contributed by atoms with Crippen molar-refractivity contribution in [1.29, 1.82) is 0 Å². The molecule has 0 aliphatic rings. The van der Waals surface area contributed by atoms with Gasteiger partial charge in [-0.25, -0.2) is 9.18 Å². The zero-order chi connectivity index (χ0) is 12.4. The maximum atomic E-state index is 13.5. The van der Waals surface area contributed by atoms with E-state index in [2.05, 4.69) is 4.98 Å². The Balaban J connectivity index is 2.52. The first-order valence-corrected chi connectivity index (χ1v) is 5.03. The number of nitrogens with zero attached hydrogens (tertiary/aromatic N) is 1. The van der Waals surface area contributed by atoms with E-state index in [1.54, 1.807) is 24.5 Å². The van der Waals surface area contributed by atoms with Crippen LogP contribution >= 0.6 is 0 Å². The third-order valence-corrected chi connectivity index (χ3v) is 2.53. The molecular formula is C13H10FNO2. The molecule has 2 aromatic rings. The van der Waals surface area contributed by atoms with Gasteiger partial charge < -0.3 is 5.11 Å². The summed E-state index contributed by atoms with van der Waals surface area (Å²) < 4.78 is 13.5. The number of pyridine rings is 1. The number of hydrogen-bond donors (Lipinski definition) is 1. The van der Waals surface area contributed by atoms with Gasteiger partial charge >= 0.3 is 5.97 Å². The van der Waals surface area contributed by atoms with E-state index in [0.717, 1.165) is 11.1 Å². The summed E-state index contributed by atoms with van der Waals surface area (Å²) in [6.07, 6.45) is 3.30. The molecule has 0 saturated heterocycles. The molecule has 3 nitrogen and oxygen atoms in total. The lowest BCUT2D eigenvalue weighted by atomic mass is 10.0. The number of aromatic nitrogens is 1. The van der Waals surface area contributed by atoms with Gasteiger partial charge in [-0.05, 0) is 41.8 Å². The zero-order valence-corrected chi connectivity index (χ0v) is 9.14. The van der Waals surface area contributed by atoms with Crippen molar-refractivity contribution in [3.05, 3.63) is 53.6 Å². The third-order valence-electron chi connectivity index (χ3n) is 2.53. The van der Waals surface area contributed by atoms with Gasteiger partial charge in [0.25, 0.3) is 0 Å². The van der Waals surface area contributed by atoms with Crippen LogP contribution in [-0.4, -0.2) is 16.1 Å². The highest BCUT2D eigenvalue weighted by Gasteiger charge is 2.11. The van der Waals surface area contributed by atoms with Crippen molar-refractivity contribution < 1.29 is 14.3 Å². The predicted molar refractivity (Wildman–Crippen MR) is 61.3 cm³/mol. The van der Waals surface area contributed by atoms with Gasteiger partial charge in [-0.1, -0.05) is 6.07 Å². The Morgan fingerprint density at radius 3 is 2.71 bits per heavy atom. The molecule has 0 aliphatic carbocycles. The van der Waals surface area contributed by atoms with Gasteiger partial charge in [-0.3, -0.25) is 4.98 Å². The number of aromatic carboxylic acids is 1. The first kappa shape index (κ1) is 11.3. The van der Waals surface area contributed by atoms with E-state index in [-0.39, 0.29) is 5.56 Å². The number of carbonyl (C=O) groups is 1. The molecule has 0 unspecified atom stereocenters. The maximum absolute atomic E-state index is 13.5. The fourth-order valence-corrected chi connectivity index (χ4v) is 1.65. The summed E-state index contributed by atoms with van der Waals surface area (Å²) in [5, 5.41) is 8.73. The number of carboxylic acids is 1. The third kappa shape index (κ3) is 2.15. The molecular weight excluding hydrogens is 221 g/mol. The van der Waals surface area contributed by atoms with E-state index < -0.39 is 11.8 Å². The van der Waals surface area contributed by atoms with Gasteiger partial charge in [0.05, 0.1) is 5.56 Å². The van der Waals surface area contributed by atoms with Crippen molar-refractivity contribution in [1.82, 2.24) is 4.98 Å². The van der Waals surface area contributed by atoms with Crippen LogP contribution in [0.2, 0.25) is 0 Å². The first-order chi connectivity index (χ1) is 8.09. The molecule has 1 heterocycles. The summed E-state index contributed by atoms with van der Waals surface area (Å²) in [4.78, 5) is 14.6. The smallest absolute Gasteiger partial charge is 0.338 e. The molecule has 1 aromatic heterocycles. The lowest BCUT2D eigenvalue weighted by Crippen LogP contribution is -2.00. The van der Waals surface area contributed by atoms with Gasteiger partial charge in [-0.15, -0.1) is 0 Å². The Kier molecular flexibility index (Phi) is 2.87. The molecule has 86 valence electrons. The van der Waals surface area contributed by atoms with E-state index in [1.165, 1.54) is 12.1 Å². The Labute approximate surface area is 97.6 Å². The standard InChI is InChI=1S/C13H10FNO2/c1-8-7-15-5-4-10(8)9-2-3-11(13(16)17)12(14)6-9/h2-7H,1H3,(H,16,17). The second-order valence-corrected chi connectivity index (χ2v) is 3.69. The van der Waals surface area contributed by atoms with Crippen LogP contribution in [0.5, 0.6) is 0 Å². The van der Waals surface area contributed by atoms with Crippen molar-refractivity contribution in [2.75, 3.05) is 0 Å². The first-order valence-electron chi connectivity index (χ1n) is 5.03. The molecule has 0 atom stereocenters. The minimum absolute atomic E-state index is 0.319. The van der Waals surface area contributed by atoms with Crippen LogP contribution in [0.1, 0.15) is 15.9 Å². The van der Waals surface area contributed by atoms with Crippen LogP contribution in [-0.2, 0) is 0 Å². The monoisotopic (exact) mass is 231 g/mol. The Morgan fingerprint density at radius 1 is 1.35 bits per heavy atom. The highest BCUT2D eigenvalue weighted by molar-refractivity contribution is 5.88. The molecule has 4 heteroatoms. The summed E-state index contributed by atoms with van der Waals surface area (Å²) >= 11 is 0. The molecule has 2 rings (SSSR count). The van der Waals surface area contributed by atoms with Crippen molar-refractivity contribution in [2.24, 2.45) is 0 Å². The summed E-state index contributed by atoms with van der Waals surface area (Å²) in [5.41, 5.74) is 2.08. The van der Waals surface area contributed by atoms with E-state index in [0.29, 0.717) is 5.56 Å². The molecule has 0 radical (unpaired) electrons. The van der Waals surface area contributed by atoms with Gasteiger partial charge in [0.2, 0.25) is 0 Å². The highest BCUT2D eigenvalue weighted by Crippen LogP contribution is 2.24. The van der Waals surface area contributed by atoms with Crippen molar-refractivity contribution in [2.45, 2.75) is 6.92 Å². The van der Waals surface area contributed by atoms with Crippen molar-refractivity contribution in [3.63, 3.8) is 0 Å². The molecule has 0 spiro atoms. The highest BCUT2D eigenvalue weighted by atomic mass is 19.1. The molecule has 0 amide bonds. The largest absolute Gasteiger partial charge is 0.478 e. The van der Waals surface area contributed by atoms with E-state index in [4.69, 9.17) is 5.11 Å². The number of rotatable bonds is 2. The van der Waals surface area contributed by atoms with Crippen LogP contribution in [0, 0.1) is 12.7 Å². The number of halogens is 1. The number of benzene rings is 1. The Hall–Kier alpha value is -2.23. The zero-order valence-electron chi connectivity index (χ0n) is 9.14. The molecule has 0 saturated carbocycles. The molecule has 0 fully saturated rings. The average Bonchev–Trinajstić information content (AvgIpc) is 2.29. The normalized spacial score (nSPS) is 10.2. The van der Waals surface area contributed by atoms with E-state index in [1.807, 2.05) is 6.92 Å². The van der Waals surface area contributed by atoms with Gasteiger partial charge in [0, 0.05) is 12.4 Å². The average molecular weight is 231 g/mol. The lowest BCUT2D eigenvalue weighted by Gasteiger charge is -2.06. The summed E-state index contributed by atoms with van der Waals surface area (Å²) in [6.45, 7) is 1.87. The van der Waals surface area contributed by atoms with Crippen molar-refractivity contribution >= 4 is 5.97 Å². The fourth-order valence-electron chi connectivity index (χ4n) is 1.65. The fraction of sp³-hybridized carbons (Fsp3) is 0.0769. The number of carboxylic acid groups (broad SMARTS) is 1. The second-order valence-electron chi connectivity index (χ2n) is 3.69. The number of aryl methyl sites for hydroxylation is 1. The van der Waals surface area contributed by atoms with Gasteiger partial charge in [0.15, 0.2) is 0 Å². The SMILES string of the molecule is Cc1cnccc1-c1ccc(C(=O)O)c(F)c1. The maximum Gasteiger partial charge on any atom is 0.338 e. The Bertz CT molecular complexity index is 581. The van der Waals surface area contributed by atoms with Crippen molar-refractivity contribution in [3.8, 4) is 11.1 Å².